The molecule has 0 saturated carbocycles. The van der Waals surface area contributed by atoms with Crippen molar-refractivity contribution >= 4 is 5.97 Å². The van der Waals surface area contributed by atoms with Gasteiger partial charge < -0.3 is 9.47 Å². The van der Waals surface area contributed by atoms with E-state index in [2.05, 4.69) is 0 Å². The summed E-state index contributed by atoms with van der Waals surface area (Å²) in [7, 11) is 1.25. The zero-order valence-corrected chi connectivity index (χ0v) is 11.4. The van der Waals surface area contributed by atoms with Crippen LogP contribution in [0.2, 0.25) is 0 Å². The number of nitriles is 1. The maximum atomic E-state index is 12.1. The standard InChI is InChI=1S/C17H13NO3/c1-20-15(19)16(12-18)17(21-16,13-8-4-2-5-9-13)14-10-6-3-7-11-14/h2-11H,1H3. The molecule has 0 aliphatic carbocycles. The van der Waals surface area contributed by atoms with E-state index in [9.17, 15) is 10.1 Å². The fourth-order valence-electron chi connectivity index (χ4n) is 2.72. The Labute approximate surface area is 122 Å². The Kier molecular flexibility index (Phi) is 3.00. The number of carbonyl (C=O) groups is 1. The minimum Gasteiger partial charge on any atom is -0.466 e. The van der Waals surface area contributed by atoms with Gasteiger partial charge in [-0.25, -0.2) is 4.79 Å². The number of ether oxygens (including phenoxy) is 2. The molecule has 0 aromatic heterocycles. The molecule has 1 aliphatic heterocycles. The highest BCUT2D eigenvalue weighted by Crippen LogP contribution is 2.60. The number of carbonyl (C=O) groups excluding carboxylic acids is 1. The Bertz CT molecular complexity index is 666. The predicted octanol–water partition coefficient (Wildman–Crippen LogP) is 2.40. The molecule has 0 amide bonds. The van der Waals surface area contributed by atoms with E-state index in [-0.39, 0.29) is 0 Å². The summed E-state index contributed by atoms with van der Waals surface area (Å²) >= 11 is 0. The smallest absolute Gasteiger partial charge is 0.357 e. The lowest BCUT2D eigenvalue weighted by Crippen LogP contribution is -2.33. The third-order valence-electron chi connectivity index (χ3n) is 3.75. The summed E-state index contributed by atoms with van der Waals surface area (Å²) in [5, 5.41) is 9.54. The van der Waals surface area contributed by atoms with Crippen LogP contribution >= 0.6 is 0 Å². The molecule has 1 fully saturated rings. The molecule has 0 N–H and O–H groups in total. The normalized spacial score (nSPS) is 22.1. The Morgan fingerprint density at radius 1 is 1.05 bits per heavy atom. The number of epoxide rings is 1. The van der Waals surface area contributed by atoms with E-state index >= 15 is 0 Å². The average Bonchev–Trinajstić information content (AvgIpc) is 3.27. The molecule has 4 heteroatoms. The van der Waals surface area contributed by atoms with E-state index in [1.54, 1.807) is 0 Å². The van der Waals surface area contributed by atoms with Gasteiger partial charge >= 0.3 is 5.97 Å². The lowest BCUT2D eigenvalue weighted by Gasteiger charge is -2.15. The maximum Gasteiger partial charge on any atom is 0.357 e. The first kappa shape index (κ1) is 13.3. The van der Waals surface area contributed by atoms with Crippen LogP contribution in [0, 0.1) is 11.3 Å². The minimum atomic E-state index is -1.63. The number of rotatable bonds is 3. The van der Waals surface area contributed by atoms with E-state index < -0.39 is 17.2 Å². The Morgan fingerprint density at radius 2 is 1.52 bits per heavy atom. The average molecular weight is 279 g/mol. The Morgan fingerprint density at radius 3 is 1.90 bits per heavy atom. The third kappa shape index (κ3) is 1.68. The highest BCUT2D eigenvalue weighted by atomic mass is 16.7. The molecule has 1 unspecified atom stereocenters. The van der Waals surface area contributed by atoms with Gasteiger partial charge in [0.1, 0.15) is 6.07 Å². The second-order valence-corrected chi connectivity index (χ2v) is 4.80. The van der Waals surface area contributed by atoms with Gasteiger partial charge in [-0.15, -0.1) is 0 Å². The highest BCUT2D eigenvalue weighted by molar-refractivity contribution is 5.90. The van der Waals surface area contributed by atoms with Gasteiger partial charge in [-0.2, -0.15) is 5.26 Å². The van der Waals surface area contributed by atoms with Gasteiger partial charge in [0.05, 0.1) is 7.11 Å². The zero-order chi connectivity index (χ0) is 14.9. The van der Waals surface area contributed by atoms with Crippen molar-refractivity contribution in [1.29, 1.82) is 5.26 Å². The lowest BCUT2D eigenvalue weighted by molar-refractivity contribution is -0.144. The van der Waals surface area contributed by atoms with Gasteiger partial charge in [0, 0.05) is 0 Å². The second-order valence-electron chi connectivity index (χ2n) is 4.80. The van der Waals surface area contributed by atoms with Crippen LogP contribution in [0.5, 0.6) is 0 Å². The highest BCUT2D eigenvalue weighted by Gasteiger charge is 2.78. The maximum absolute atomic E-state index is 12.1. The van der Waals surface area contributed by atoms with Crippen LogP contribution in [-0.4, -0.2) is 18.7 Å². The van der Waals surface area contributed by atoms with Crippen molar-refractivity contribution in [3.05, 3.63) is 71.8 Å². The second kappa shape index (κ2) is 4.72. The molecule has 4 nitrogen and oxygen atoms in total. The number of nitrogens with zero attached hydrogens (tertiary/aromatic N) is 1. The third-order valence-corrected chi connectivity index (χ3v) is 3.75. The van der Waals surface area contributed by atoms with Gasteiger partial charge in [-0.3, -0.25) is 0 Å². The van der Waals surface area contributed by atoms with E-state index in [1.807, 2.05) is 66.7 Å². The molecule has 21 heavy (non-hydrogen) atoms. The molecule has 0 bridgehead atoms. The van der Waals surface area contributed by atoms with E-state index in [4.69, 9.17) is 9.47 Å². The van der Waals surface area contributed by atoms with Crippen LogP contribution in [0.1, 0.15) is 11.1 Å². The topological polar surface area (TPSA) is 62.6 Å². The molecule has 0 spiro atoms. The van der Waals surface area contributed by atoms with Crippen molar-refractivity contribution in [1.82, 2.24) is 0 Å². The van der Waals surface area contributed by atoms with E-state index in [0.29, 0.717) is 0 Å². The van der Waals surface area contributed by atoms with Crippen molar-refractivity contribution < 1.29 is 14.3 Å². The van der Waals surface area contributed by atoms with Crippen molar-refractivity contribution in [3.63, 3.8) is 0 Å². The molecule has 3 rings (SSSR count). The number of benzene rings is 2. The quantitative estimate of drug-likeness (QED) is 0.639. The van der Waals surface area contributed by atoms with Crippen molar-refractivity contribution in [2.24, 2.45) is 0 Å². The number of hydrogen-bond donors (Lipinski definition) is 0. The van der Waals surface area contributed by atoms with Gasteiger partial charge in [-0.05, 0) is 11.1 Å². The molecular formula is C17H13NO3. The molecule has 104 valence electrons. The Hall–Kier alpha value is -2.64. The molecule has 1 atom stereocenters. The van der Waals surface area contributed by atoms with Gasteiger partial charge in [0.25, 0.3) is 5.60 Å². The largest absolute Gasteiger partial charge is 0.466 e. The van der Waals surface area contributed by atoms with Crippen molar-refractivity contribution in [3.8, 4) is 6.07 Å². The van der Waals surface area contributed by atoms with Gasteiger partial charge in [0.15, 0.2) is 5.60 Å². The lowest BCUT2D eigenvalue weighted by atomic mass is 9.81. The molecule has 1 heterocycles. The minimum absolute atomic E-state index is 0.683. The summed E-state index contributed by atoms with van der Waals surface area (Å²) < 4.78 is 10.5. The fraction of sp³-hybridized carbons (Fsp3) is 0.176. The monoisotopic (exact) mass is 279 g/mol. The van der Waals surface area contributed by atoms with E-state index in [1.165, 1.54) is 7.11 Å². The molecule has 0 radical (unpaired) electrons. The molecule has 1 saturated heterocycles. The van der Waals surface area contributed by atoms with Crippen molar-refractivity contribution in [2.75, 3.05) is 7.11 Å². The van der Waals surface area contributed by atoms with Crippen LogP contribution in [-0.2, 0) is 19.9 Å². The summed E-state index contributed by atoms with van der Waals surface area (Å²) in [6.07, 6.45) is 0. The van der Waals surface area contributed by atoms with Gasteiger partial charge in [-0.1, -0.05) is 60.7 Å². The first-order valence-corrected chi connectivity index (χ1v) is 6.52. The molecule has 2 aromatic carbocycles. The summed E-state index contributed by atoms with van der Waals surface area (Å²) in [5.41, 5.74) is -1.24. The van der Waals surface area contributed by atoms with Crippen LogP contribution in [0.4, 0.5) is 0 Å². The summed E-state index contributed by atoms with van der Waals surface area (Å²) in [5.74, 6) is -0.683. The van der Waals surface area contributed by atoms with Gasteiger partial charge in [0.2, 0.25) is 0 Å². The van der Waals surface area contributed by atoms with Crippen LogP contribution < -0.4 is 0 Å². The number of hydrogen-bond acceptors (Lipinski definition) is 4. The summed E-state index contributed by atoms with van der Waals surface area (Å²) in [6.45, 7) is 0. The predicted molar refractivity (Wildman–Crippen MR) is 75.1 cm³/mol. The Balaban J connectivity index is 2.21. The number of esters is 1. The zero-order valence-electron chi connectivity index (χ0n) is 11.4. The molecule has 2 aromatic rings. The molecular weight excluding hydrogens is 266 g/mol. The van der Waals surface area contributed by atoms with E-state index in [0.717, 1.165) is 11.1 Å². The van der Waals surface area contributed by atoms with Crippen LogP contribution in [0.25, 0.3) is 0 Å². The summed E-state index contributed by atoms with van der Waals surface area (Å²) in [4.78, 5) is 12.1. The van der Waals surface area contributed by atoms with Crippen LogP contribution in [0.3, 0.4) is 0 Å². The molecule has 1 aliphatic rings. The van der Waals surface area contributed by atoms with Crippen LogP contribution in [0.15, 0.2) is 60.7 Å². The summed E-state index contributed by atoms with van der Waals surface area (Å²) in [6, 6.07) is 20.5. The number of methoxy groups -OCH3 is 1. The van der Waals surface area contributed by atoms with Crippen molar-refractivity contribution in [2.45, 2.75) is 11.2 Å². The first-order chi connectivity index (χ1) is 10.2. The first-order valence-electron chi connectivity index (χ1n) is 6.52. The fourth-order valence-corrected chi connectivity index (χ4v) is 2.72. The SMILES string of the molecule is COC(=O)C1(C#N)OC1(c1ccccc1)c1ccccc1.